The van der Waals surface area contributed by atoms with Crippen molar-refractivity contribution in [1.82, 2.24) is 4.98 Å². The van der Waals surface area contributed by atoms with E-state index in [1.54, 1.807) is 0 Å². The highest BCUT2D eigenvalue weighted by atomic mass is 16.7. The number of nitrogens with zero attached hydrogens (tertiary/aromatic N) is 1. The van der Waals surface area contributed by atoms with Crippen LogP contribution in [0.1, 0.15) is 11.3 Å². The largest absolute Gasteiger partial charge is 0.454 e. The lowest BCUT2D eigenvalue weighted by Gasteiger charge is -2.06. The highest BCUT2D eigenvalue weighted by molar-refractivity contribution is 5.86. The first-order valence-electron chi connectivity index (χ1n) is 5.68. The smallest absolute Gasteiger partial charge is 0.231 e. The fourth-order valence-corrected chi connectivity index (χ4v) is 2.13. The highest BCUT2D eigenvalue weighted by Gasteiger charge is 2.15. The van der Waals surface area contributed by atoms with Gasteiger partial charge < -0.3 is 15.2 Å². The number of nitrogens with two attached hydrogens (primary N) is 1. The Morgan fingerprint density at radius 1 is 1.24 bits per heavy atom. The number of aromatic nitrogens is 1. The lowest BCUT2D eigenvalue weighted by molar-refractivity contribution is 0.174. The molecule has 0 amide bonds. The van der Waals surface area contributed by atoms with Gasteiger partial charge in [0.1, 0.15) is 0 Å². The van der Waals surface area contributed by atoms with Crippen LogP contribution in [-0.2, 0) is 6.42 Å². The zero-order valence-electron chi connectivity index (χ0n) is 9.69. The Hall–Kier alpha value is -1.81. The molecular weight excluding hydrogens is 216 g/mol. The Labute approximate surface area is 99.4 Å². The summed E-state index contributed by atoms with van der Waals surface area (Å²) in [6.07, 6.45) is 0.797. The molecule has 0 aliphatic carbocycles. The van der Waals surface area contributed by atoms with Gasteiger partial charge in [-0.25, -0.2) is 0 Å². The number of hydrogen-bond acceptors (Lipinski definition) is 4. The van der Waals surface area contributed by atoms with Crippen molar-refractivity contribution < 1.29 is 9.47 Å². The van der Waals surface area contributed by atoms with Gasteiger partial charge in [-0.1, -0.05) is 0 Å². The topological polar surface area (TPSA) is 57.4 Å². The maximum atomic E-state index is 5.56. The Kier molecular flexibility index (Phi) is 2.37. The first kappa shape index (κ1) is 10.4. The zero-order chi connectivity index (χ0) is 11.8. The number of pyridine rings is 1. The molecule has 0 bridgehead atoms. The minimum atomic E-state index is 0.292. The number of rotatable bonds is 2. The molecule has 4 nitrogen and oxygen atoms in total. The fourth-order valence-electron chi connectivity index (χ4n) is 2.13. The summed E-state index contributed by atoms with van der Waals surface area (Å²) in [5, 5.41) is 1.11. The Morgan fingerprint density at radius 3 is 2.76 bits per heavy atom. The van der Waals surface area contributed by atoms with Crippen LogP contribution in [0.15, 0.2) is 18.2 Å². The van der Waals surface area contributed by atoms with E-state index in [1.165, 1.54) is 5.56 Å². The number of fused-ring (bicyclic) bond motifs is 2. The molecular formula is C13H14N2O2. The molecule has 3 rings (SSSR count). The molecule has 0 spiro atoms. The summed E-state index contributed by atoms with van der Waals surface area (Å²) in [5.74, 6) is 1.57. The molecule has 17 heavy (non-hydrogen) atoms. The molecule has 0 radical (unpaired) electrons. The zero-order valence-corrected chi connectivity index (χ0v) is 9.69. The third kappa shape index (κ3) is 1.70. The first-order chi connectivity index (χ1) is 8.28. The Morgan fingerprint density at radius 2 is 2.00 bits per heavy atom. The van der Waals surface area contributed by atoms with E-state index < -0.39 is 0 Å². The molecule has 0 unspecified atom stereocenters. The molecule has 4 heteroatoms. The van der Waals surface area contributed by atoms with Gasteiger partial charge in [0.2, 0.25) is 6.79 Å². The van der Waals surface area contributed by atoms with Crippen LogP contribution in [0.3, 0.4) is 0 Å². The minimum Gasteiger partial charge on any atom is -0.454 e. The Bertz CT molecular complexity index is 581. The van der Waals surface area contributed by atoms with E-state index in [2.05, 4.69) is 18.0 Å². The van der Waals surface area contributed by atoms with Crippen molar-refractivity contribution in [2.45, 2.75) is 13.3 Å². The van der Waals surface area contributed by atoms with E-state index >= 15 is 0 Å². The van der Waals surface area contributed by atoms with Crippen LogP contribution in [0.5, 0.6) is 11.5 Å². The maximum Gasteiger partial charge on any atom is 0.231 e. The maximum absolute atomic E-state index is 5.56. The lowest BCUT2D eigenvalue weighted by atomic mass is 10.1. The fraction of sp³-hybridized carbons (Fsp3) is 0.308. The molecule has 88 valence electrons. The standard InChI is InChI=1S/C13H14N2O2/c1-8-4-9(2-3-14)15-11-6-13-12(5-10(8)11)16-7-17-13/h4-6H,2-3,7,14H2,1H3. The molecule has 0 saturated carbocycles. The van der Waals surface area contributed by atoms with Gasteiger partial charge in [0.15, 0.2) is 11.5 Å². The normalized spacial score (nSPS) is 13.3. The molecule has 0 atom stereocenters. The predicted octanol–water partition coefficient (Wildman–Crippen LogP) is 1.77. The van der Waals surface area contributed by atoms with Crippen molar-refractivity contribution >= 4 is 10.9 Å². The number of hydrogen-bond donors (Lipinski definition) is 1. The van der Waals surface area contributed by atoms with Gasteiger partial charge in [-0.05, 0) is 31.2 Å². The van der Waals surface area contributed by atoms with Crippen molar-refractivity contribution in [3.63, 3.8) is 0 Å². The highest BCUT2D eigenvalue weighted by Crippen LogP contribution is 2.36. The van der Waals surface area contributed by atoms with Crippen LogP contribution in [-0.4, -0.2) is 18.3 Å². The van der Waals surface area contributed by atoms with Crippen molar-refractivity contribution in [3.8, 4) is 11.5 Å². The molecule has 1 aromatic carbocycles. The average molecular weight is 230 g/mol. The summed E-state index contributed by atoms with van der Waals surface area (Å²) < 4.78 is 10.7. The lowest BCUT2D eigenvalue weighted by Crippen LogP contribution is -2.04. The molecule has 1 aromatic heterocycles. The monoisotopic (exact) mass is 230 g/mol. The molecule has 2 heterocycles. The summed E-state index contributed by atoms with van der Waals surface area (Å²) in [5.41, 5.74) is 8.72. The van der Waals surface area contributed by atoms with E-state index in [9.17, 15) is 0 Å². The van der Waals surface area contributed by atoms with Crippen molar-refractivity contribution in [3.05, 3.63) is 29.5 Å². The summed E-state index contributed by atoms with van der Waals surface area (Å²) in [6, 6.07) is 6.01. The summed E-state index contributed by atoms with van der Waals surface area (Å²) >= 11 is 0. The van der Waals surface area contributed by atoms with E-state index in [1.807, 2.05) is 12.1 Å². The predicted molar refractivity (Wildman–Crippen MR) is 65.4 cm³/mol. The van der Waals surface area contributed by atoms with Crippen LogP contribution in [0.2, 0.25) is 0 Å². The van der Waals surface area contributed by atoms with Crippen molar-refractivity contribution in [1.29, 1.82) is 0 Å². The van der Waals surface area contributed by atoms with E-state index in [-0.39, 0.29) is 0 Å². The van der Waals surface area contributed by atoms with Crippen LogP contribution in [0.4, 0.5) is 0 Å². The van der Waals surface area contributed by atoms with E-state index in [4.69, 9.17) is 15.2 Å². The number of aryl methyl sites for hydroxylation is 1. The minimum absolute atomic E-state index is 0.292. The van der Waals surface area contributed by atoms with Gasteiger partial charge in [-0.3, -0.25) is 4.98 Å². The van der Waals surface area contributed by atoms with Gasteiger partial charge in [-0.2, -0.15) is 0 Å². The molecule has 0 saturated heterocycles. The number of benzene rings is 1. The second kappa shape index (κ2) is 3.89. The molecule has 1 aliphatic heterocycles. The van der Waals surface area contributed by atoms with Crippen molar-refractivity contribution in [2.24, 2.45) is 5.73 Å². The summed E-state index contributed by atoms with van der Waals surface area (Å²) in [7, 11) is 0. The van der Waals surface area contributed by atoms with Gasteiger partial charge in [0, 0.05) is 23.6 Å². The van der Waals surface area contributed by atoms with Crippen molar-refractivity contribution in [2.75, 3.05) is 13.3 Å². The van der Waals surface area contributed by atoms with Crippen LogP contribution < -0.4 is 15.2 Å². The van der Waals surface area contributed by atoms with Crippen LogP contribution in [0, 0.1) is 6.92 Å². The SMILES string of the molecule is Cc1cc(CCN)nc2cc3c(cc12)OCO3. The van der Waals surface area contributed by atoms with Gasteiger partial charge >= 0.3 is 0 Å². The average Bonchev–Trinajstić information content (AvgIpc) is 2.74. The van der Waals surface area contributed by atoms with Crippen LogP contribution in [0.25, 0.3) is 10.9 Å². The molecule has 2 aromatic rings. The second-order valence-corrected chi connectivity index (χ2v) is 4.19. The van der Waals surface area contributed by atoms with Crippen LogP contribution >= 0.6 is 0 Å². The second-order valence-electron chi connectivity index (χ2n) is 4.19. The third-order valence-electron chi connectivity index (χ3n) is 2.96. The van der Waals surface area contributed by atoms with Gasteiger partial charge in [0.25, 0.3) is 0 Å². The summed E-state index contributed by atoms with van der Waals surface area (Å²) in [4.78, 5) is 4.59. The van der Waals surface area contributed by atoms with Gasteiger partial charge in [0.05, 0.1) is 5.52 Å². The van der Waals surface area contributed by atoms with E-state index in [0.29, 0.717) is 13.3 Å². The Balaban J connectivity index is 2.20. The van der Waals surface area contributed by atoms with Gasteiger partial charge in [-0.15, -0.1) is 0 Å². The molecule has 1 aliphatic rings. The number of ether oxygens (including phenoxy) is 2. The molecule has 2 N–H and O–H groups in total. The quantitative estimate of drug-likeness (QED) is 0.854. The third-order valence-corrected chi connectivity index (χ3v) is 2.96. The summed E-state index contributed by atoms with van der Waals surface area (Å²) in [6.45, 7) is 2.98. The first-order valence-corrected chi connectivity index (χ1v) is 5.68. The molecule has 0 fully saturated rings. The van der Waals surface area contributed by atoms with E-state index in [0.717, 1.165) is 34.5 Å².